The highest BCUT2D eigenvalue weighted by Gasteiger charge is 2.36. The first kappa shape index (κ1) is 17.4. The van der Waals surface area contributed by atoms with Crippen LogP contribution in [0.2, 0.25) is 0 Å². The maximum Gasteiger partial charge on any atom is 0.294 e. The van der Waals surface area contributed by atoms with Crippen molar-refractivity contribution in [2.75, 3.05) is 11.9 Å². The molecule has 0 unspecified atom stereocenters. The van der Waals surface area contributed by atoms with Gasteiger partial charge in [0.05, 0.1) is 4.91 Å². The minimum absolute atomic E-state index is 0.292. The molecule has 0 spiro atoms. The number of benzene rings is 1. The molecule has 128 valence electrons. The zero-order valence-electron chi connectivity index (χ0n) is 13.7. The maximum atomic E-state index is 12.4. The summed E-state index contributed by atoms with van der Waals surface area (Å²) in [6.07, 6.45) is 1.71. The van der Waals surface area contributed by atoms with Gasteiger partial charge in [0.1, 0.15) is 6.54 Å². The van der Waals surface area contributed by atoms with Crippen LogP contribution in [-0.2, 0) is 9.59 Å². The van der Waals surface area contributed by atoms with Crippen LogP contribution in [0.4, 0.5) is 10.5 Å². The molecule has 1 saturated heterocycles. The topological polar surface area (TPSA) is 66.5 Å². The quantitative estimate of drug-likeness (QED) is 0.823. The largest absolute Gasteiger partial charge is 0.325 e. The molecule has 0 saturated carbocycles. The van der Waals surface area contributed by atoms with Crippen LogP contribution in [0, 0.1) is 13.8 Å². The fourth-order valence-electron chi connectivity index (χ4n) is 2.27. The SMILES string of the molecule is Cc1ccc(NC(=O)CN2C(=O)SC(=Cc3sccc3C)C2=O)cc1. The third-order valence-corrected chi connectivity index (χ3v) is 5.55. The molecule has 1 aromatic carbocycles. The number of carbonyl (C=O) groups excluding carboxylic acids is 3. The Morgan fingerprint density at radius 1 is 1.16 bits per heavy atom. The minimum Gasteiger partial charge on any atom is -0.325 e. The number of hydrogen-bond donors (Lipinski definition) is 1. The average molecular weight is 372 g/mol. The zero-order valence-corrected chi connectivity index (χ0v) is 15.4. The van der Waals surface area contributed by atoms with E-state index in [4.69, 9.17) is 0 Å². The first-order valence-corrected chi connectivity index (χ1v) is 9.29. The highest BCUT2D eigenvalue weighted by atomic mass is 32.2. The van der Waals surface area contributed by atoms with Gasteiger partial charge in [0.15, 0.2) is 0 Å². The van der Waals surface area contributed by atoms with E-state index in [1.165, 1.54) is 11.3 Å². The molecular formula is C18H16N2O3S2. The van der Waals surface area contributed by atoms with Crippen LogP contribution in [0.5, 0.6) is 0 Å². The Hall–Kier alpha value is -2.38. The van der Waals surface area contributed by atoms with Crippen molar-refractivity contribution in [3.8, 4) is 0 Å². The van der Waals surface area contributed by atoms with Gasteiger partial charge in [-0.05, 0) is 60.8 Å². The summed E-state index contributed by atoms with van der Waals surface area (Å²) in [6, 6.07) is 9.26. The number of thiophene rings is 1. The number of rotatable bonds is 4. The molecule has 7 heteroatoms. The lowest BCUT2D eigenvalue weighted by Crippen LogP contribution is -2.36. The molecule has 2 aromatic rings. The second-order valence-electron chi connectivity index (χ2n) is 5.65. The summed E-state index contributed by atoms with van der Waals surface area (Å²) in [5.74, 6) is -0.832. The standard InChI is InChI=1S/C18H16N2O3S2/c1-11-3-5-13(6-4-11)19-16(21)10-20-17(22)15(25-18(20)23)9-14-12(2)7-8-24-14/h3-9H,10H2,1-2H3,(H,19,21). The number of amides is 3. The van der Waals surface area contributed by atoms with Gasteiger partial charge in [0, 0.05) is 10.6 Å². The maximum absolute atomic E-state index is 12.4. The summed E-state index contributed by atoms with van der Waals surface area (Å²) in [4.78, 5) is 38.9. The highest BCUT2D eigenvalue weighted by molar-refractivity contribution is 8.18. The van der Waals surface area contributed by atoms with E-state index in [2.05, 4.69) is 5.32 Å². The fourth-order valence-corrected chi connectivity index (χ4v) is 4.02. The first-order chi connectivity index (χ1) is 11.9. The van der Waals surface area contributed by atoms with Crippen molar-refractivity contribution in [1.82, 2.24) is 4.90 Å². The van der Waals surface area contributed by atoms with Gasteiger partial charge < -0.3 is 5.32 Å². The van der Waals surface area contributed by atoms with E-state index >= 15 is 0 Å². The van der Waals surface area contributed by atoms with Gasteiger partial charge >= 0.3 is 0 Å². The smallest absolute Gasteiger partial charge is 0.294 e. The van der Waals surface area contributed by atoms with Crippen LogP contribution in [0.3, 0.4) is 0 Å². The number of nitrogens with zero attached hydrogens (tertiary/aromatic N) is 1. The molecule has 1 N–H and O–H groups in total. The molecule has 2 heterocycles. The summed E-state index contributed by atoms with van der Waals surface area (Å²) in [6.45, 7) is 3.61. The Bertz CT molecular complexity index is 869. The molecule has 3 amide bonds. The molecule has 3 rings (SSSR count). The second kappa shape index (κ2) is 7.25. The molecule has 1 aliphatic rings. The van der Waals surface area contributed by atoms with Crippen molar-refractivity contribution in [3.05, 3.63) is 56.6 Å². The molecule has 1 aromatic heterocycles. The second-order valence-corrected chi connectivity index (χ2v) is 7.59. The lowest BCUT2D eigenvalue weighted by atomic mass is 10.2. The molecule has 0 aliphatic carbocycles. The number of hydrogen-bond acceptors (Lipinski definition) is 5. The van der Waals surface area contributed by atoms with Crippen molar-refractivity contribution >= 4 is 51.9 Å². The van der Waals surface area contributed by atoms with Gasteiger partial charge in [-0.3, -0.25) is 19.3 Å². The monoisotopic (exact) mass is 372 g/mol. The zero-order chi connectivity index (χ0) is 18.0. The molecule has 25 heavy (non-hydrogen) atoms. The van der Waals surface area contributed by atoms with Crippen LogP contribution in [0.1, 0.15) is 16.0 Å². The molecule has 1 aliphatic heterocycles. The van der Waals surface area contributed by atoms with Crippen molar-refractivity contribution in [1.29, 1.82) is 0 Å². The van der Waals surface area contributed by atoms with E-state index in [0.717, 1.165) is 32.7 Å². The van der Waals surface area contributed by atoms with Crippen LogP contribution < -0.4 is 5.32 Å². The van der Waals surface area contributed by atoms with E-state index in [-0.39, 0.29) is 6.54 Å². The Balaban J connectivity index is 1.68. The molecule has 0 bridgehead atoms. The number of aryl methyl sites for hydroxylation is 2. The predicted molar refractivity (Wildman–Crippen MR) is 102 cm³/mol. The fraction of sp³-hybridized carbons (Fsp3) is 0.167. The van der Waals surface area contributed by atoms with E-state index in [1.54, 1.807) is 18.2 Å². The molecule has 5 nitrogen and oxygen atoms in total. The lowest BCUT2D eigenvalue weighted by molar-refractivity contribution is -0.127. The van der Waals surface area contributed by atoms with Gasteiger partial charge in [-0.1, -0.05) is 17.7 Å². The van der Waals surface area contributed by atoms with Crippen LogP contribution in [0.15, 0.2) is 40.6 Å². The third-order valence-electron chi connectivity index (χ3n) is 3.67. The average Bonchev–Trinajstić information content (AvgIpc) is 3.08. The Labute approximate surface area is 153 Å². The third kappa shape index (κ3) is 4.00. The van der Waals surface area contributed by atoms with Gasteiger partial charge in [0.25, 0.3) is 11.1 Å². The number of thioether (sulfide) groups is 1. The molecule has 1 fully saturated rings. The normalized spacial score (nSPS) is 15.9. The first-order valence-electron chi connectivity index (χ1n) is 7.60. The molecular weight excluding hydrogens is 356 g/mol. The highest BCUT2D eigenvalue weighted by Crippen LogP contribution is 2.33. The predicted octanol–water partition coefficient (Wildman–Crippen LogP) is 4.04. The van der Waals surface area contributed by atoms with Crippen molar-refractivity contribution in [3.63, 3.8) is 0 Å². The van der Waals surface area contributed by atoms with Gasteiger partial charge in [0.2, 0.25) is 5.91 Å². The number of nitrogens with one attached hydrogen (secondary N) is 1. The Kier molecular flexibility index (Phi) is 5.06. The van der Waals surface area contributed by atoms with Crippen LogP contribution >= 0.6 is 23.1 Å². The van der Waals surface area contributed by atoms with Crippen molar-refractivity contribution in [2.45, 2.75) is 13.8 Å². The van der Waals surface area contributed by atoms with Gasteiger partial charge in [-0.2, -0.15) is 0 Å². The summed E-state index contributed by atoms with van der Waals surface area (Å²) < 4.78 is 0. The molecule has 0 radical (unpaired) electrons. The minimum atomic E-state index is -0.429. The van der Waals surface area contributed by atoms with E-state index < -0.39 is 17.1 Å². The summed E-state index contributed by atoms with van der Waals surface area (Å²) in [5.41, 5.74) is 2.76. The lowest BCUT2D eigenvalue weighted by Gasteiger charge is -2.12. The molecule has 0 atom stereocenters. The van der Waals surface area contributed by atoms with Gasteiger partial charge in [-0.25, -0.2) is 0 Å². The van der Waals surface area contributed by atoms with E-state index in [0.29, 0.717) is 10.6 Å². The number of anilines is 1. The van der Waals surface area contributed by atoms with E-state index in [1.807, 2.05) is 37.4 Å². The van der Waals surface area contributed by atoms with Crippen molar-refractivity contribution < 1.29 is 14.4 Å². The van der Waals surface area contributed by atoms with Crippen LogP contribution in [-0.4, -0.2) is 28.5 Å². The van der Waals surface area contributed by atoms with Crippen molar-refractivity contribution in [2.24, 2.45) is 0 Å². The summed E-state index contributed by atoms with van der Waals surface area (Å²) >= 11 is 2.37. The Morgan fingerprint density at radius 3 is 2.52 bits per heavy atom. The Morgan fingerprint density at radius 2 is 1.88 bits per heavy atom. The summed E-state index contributed by atoms with van der Waals surface area (Å²) in [7, 11) is 0. The van der Waals surface area contributed by atoms with Gasteiger partial charge in [-0.15, -0.1) is 11.3 Å². The summed E-state index contributed by atoms with van der Waals surface area (Å²) in [5, 5.41) is 4.20. The van der Waals surface area contributed by atoms with Crippen LogP contribution in [0.25, 0.3) is 6.08 Å². The van der Waals surface area contributed by atoms with E-state index in [9.17, 15) is 14.4 Å². The number of carbonyl (C=O) groups is 3. The number of imide groups is 1.